The van der Waals surface area contributed by atoms with Gasteiger partial charge in [0.05, 0.1) is 40.6 Å². The summed E-state index contributed by atoms with van der Waals surface area (Å²) in [7, 11) is 18.0. The Morgan fingerprint density at radius 1 is 0.505 bits per heavy atom. The molecule has 0 radical (unpaired) electrons. The van der Waals surface area contributed by atoms with Gasteiger partial charge in [0.25, 0.3) is 0 Å². The maximum atomic E-state index is 12.9. The number of fused-ring (bicyclic) bond motifs is 2. The fourth-order valence-electron chi connectivity index (χ4n) is 15.0. The van der Waals surface area contributed by atoms with E-state index >= 15 is 0 Å². The van der Waals surface area contributed by atoms with E-state index in [2.05, 4.69) is 228 Å². The van der Waals surface area contributed by atoms with Crippen LogP contribution in [0.25, 0.3) is 98.1 Å². The second-order valence-electron chi connectivity index (χ2n) is 25.2. The van der Waals surface area contributed by atoms with Crippen molar-refractivity contribution in [3.63, 3.8) is 0 Å². The molecular weight excluding hydrogens is 1330 g/mol. The zero-order valence-electron chi connectivity index (χ0n) is 53.6. The van der Waals surface area contributed by atoms with Crippen molar-refractivity contribution < 1.29 is 19.7 Å². The zero-order valence-corrected chi connectivity index (χ0v) is 63.4. The summed E-state index contributed by atoms with van der Waals surface area (Å²) in [6.45, 7) is 12.1. The van der Waals surface area contributed by atoms with E-state index in [4.69, 9.17) is 9.47 Å². The van der Waals surface area contributed by atoms with Gasteiger partial charge in [0.1, 0.15) is 21.5 Å². The lowest BCUT2D eigenvalue weighted by Gasteiger charge is -2.34. The molecule has 9 unspecified atom stereocenters. The zero-order chi connectivity index (χ0) is 65.7. The van der Waals surface area contributed by atoms with Gasteiger partial charge in [0.2, 0.25) is 0 Å². The van der Waals surface area contributed by atoms with E-state index in [0.29, 0.717) is 33.3 Å². The molecule has 0 saturated carbocycles. The Bertz CT molecular complexity index is 5360. The fourth-order valence-corrected chi connectivity index (χ4v) is 21.8. The van der Waals surface area contributed by atoms with E-state index < -0.39 is 0 Å². The summed E-state index contributed by atoms with van der Waals surface area (Å²) in [6.07, 6.45) is 2.44. The first-order chi connectivity index (χ1) is 46.1. The second kappa shape index (κ2) is 26.3. The van der Waals surface area contributed by atoms with Gasteiger partial charge in [0.15, 0.2) is 11.5 Å². The first-order valence-corrected chi connectivity index (χ1v) is 39.0. The highest BCUT2D eigenvalue weighted by molar-refractivity contribution is 7.46. The highest BCUT2D eigenvalue weighted by Gasteiger charge is 2.35. The summed E-state index contributed by atoms with van der Waals surface area (Å²) in [5.41, 5.74) is 21.7. The SMILES string of the molecule is CCc1cc(C)c(-c2ccc3c(c2)c2cc4ccc2n3-c2scc(c2O)-c2ccccc2OCCCCOc2ccccc2-c2csc(c2O)-n2c3ccc(-c5c(C)cc(P)cc5[PH3+])cc3c3cc(ccc32)C(c2c(P)cc(C)cc2P)C4c2c(P)cccc2PC)c(P)c1. The summed E-state index contributed by atoms with van der Waals surface area (Å²) < 4.78 is 17.8. The molecule has 0 fully saturated rings. The smallest absolute Gasteiger partial charge is 0.158 e. The van der Waals surface area contributed by atoms with Crippen molar-refractivity contribution >= 4 is 167 Å². The maximum absolute atomic E-state index is 12.9. The van der Waals surface area contributed by atoms with Gasteiger partial charge in [-0.3, -0.25) is 9.13 Å². The summed E-state index contributed by atoms with van der Waals surface area (Å²) in [5.74, 6) is 1.36. The van der Waals surface area contributed by atoms with Crippen LogP contribution in [0.2, 0.25) is 0 Å². The molecule has 8 heterocycles. The summed E-state index contributed by atoms with van der Waals surface area (Å²) in [6, 6.07) is 64.8. The lowest BCUT2D eigenvalue weighted by molar-refractivity contribution is 0.267. The molecule has 14 aromatic rings. The van der Waals surface area contributed by atoms with Crippen LogP contribution in [-0.2, 0) is 6.42 Å². The standard InChI is InChI=1S/C80H73N2O4P7S2/c1-6-45-32-43(3)71(68(91)34-45)46-20-24-59-53(35-46)56-38-49-23-27-62(56)82(59)80-78(84)58(41-95-80)52-15-8-10-17-64(52)86-29-12-11-28-85-63-16-9-7-14-51(63)57-40-94-79(77(57)83)81-60-25-21-47(72-44(4)33-50(87)39-69(72)92)36-54(60)55-37-48(22-26-61(55)81)73(75-66(89)30-42(2)31-67(75)90)74(49)76-65(88)18-13-19-70(76)93-5/h7-10,13-27,30-41,73-74,83-84,93H,6,11-12,28-29,87-92H2,1-5H3/p+1. The number of ether oxygens (including phenoxy) is 2. The molecule has 0 aliphatic carbocycles. The molecule has 6 nitrogen and oxygen atoms in total. The Morgan fingerprint density at radius 3 is 1.52 bits per heavy atom. The van der Waals surface area contributed by atoms with Crippen molar-refractivity contribution in [3.05, 3.63) is 231 Å². The number of thiophene rings is 2. The van der Waals surface area contributed by atoms with Gasteiger partial charge in [-0.1, -0.05) is 125 Å². The van der Waals surface area contributed by atoms with Gasteiger partial charge in [0, 0.05) is 81.2 Å². The molecule has 4 aliphatic rings. The average Bonchev–Trinajstić information content (AvgIpc) is 1.62. The molecule has 0 spiro atoms. The van der Waals surface area contributed by atoms with E-state index in [1.54, 1.807) is 22.7 Å². The third kappa shape index (κ3) is 11.4. The van der Waals surface area contributed by atoms with Crippen LogP contribution in [-0.4, -0.2) is 39.2 Å². The van der Waals surface area contributed by atoms with E-state index in [1.807, 2.05) is 57.8 Å². The largest absolute Gasteiger partial charge is 0.504 e. The van der Waals surface area contributed by atoms with E-state index in [0.717, 1.165) is 122 Å². The summed E-state index contributed by atoms with van der Waals surface area (Å²) >= 11 is 3.10. The number of nitrogens with zero attached hydrogens (tertiary/aromatic N) is 2. The van der Waals surface area contributed by atoms with E-state index in [1.165, 1.54) is 76.9 Å². The molecule has 18 rings (SSSR count). The Hall–Kier alpha value is -6.59. The summed E-state index contributed by atoms with van der Waals surface area (Å²) in [5, 5.41) is 44.2. The van der Waals surface area contributed by atoms with Crippen LogP contribution in [0.1, 0.15) is 76.1 Å². The van der Waals surface area contributed by atoms with Crippen LogP contribution >= 0.6 is 86.7 Å². The van der Waals surface area contributed by atoms with Crippen LogP contribution in [0, 0.1) is 20.8 Å². The fraction of sp³-hybridized carbons (Fsp3) is 0.150. The quantitative estimate of drug-likeness (QED) is 0.163. The van der Waals surface area contributed by atoms with Crippen LogP contribution in [0.3, 0.4) is 0 Å². The molecule has 4 aromatic heterocycles. The van der Waals surface area contributed by atoms with Gasteiger partial charge in [-0.15, -0.1) is 68.9 Å². The van der Waals surface area contributed by atoms with Gasteiger partial charge >= 0.3 is 0 Å². The minimum Gasteiger partial charge on any atom is -0.504 e. The lowest BCUT2D eigenvalue weighted by Crippen LogP contribution is -2.29. The molecule has 0 amide bonds. The van der Waals surface area contributed by atoms with Crippen molar-refractivity contribution in [1.82, 2.24) is 9.13 Å². The highest BCUT2D eigenvalue weighted by atomic mass is 32.1. The number of benzene rings is 10. The third-order valence-corrected chi connectivity index (χ3v) is 24.9. The highest BCUT2D eigenvalue weighted by Crippen LogP contribution is 2.52. The molecule has 95 heavy (non-hydrogen) atoms. The number of rotatable bonds is 6. The number of aryl methyl sites for hydroxylation is 4. The number of aromatic nitrogens is 2. The normalized spacial score (nSPS) is 14.6. The van der Waals surface area contributed by atoms with Crippen LogP contribution in [0.5, 0.6) is 23.0 Å². The van der Waals surface area contributed by atoms with Gasteiger partial charge in [-0.25, -0.2) is 0 Å². The molecule has 4 aliphatic heterocycles. The van der Waals surface area contributed by atoms with E-state index in [9.17, 15) is 10.2 Å². The molecular formula is C80H74N2O4P7S2+. The van der Waals surface area contributed by atoms with Crippen LogP contribution in [0.4, 0.5) is 0 Å². The van der Waals surface area contributed by atoms with Crippen molar-refractivity contribution in [3.8, 4) is 77.5 Å². The average molecular weight is 1410 g/mol. The molecule has 15 heteroatoms. The van der Waals surface area contributed by atoms with Crippen molar-refractivity contribution in [1.29, 1.82) is 0 Å². The van der Waals surface area contributed by atoms with Crippen LogP contribution < -0.4 is 46.6 Å². The number of hydrogen-bond donors (Lipinski definition) is 2. The van der Waals surface area contributed by atoms with Crippen molar-refractivity contribution in [2.24, 2.45) is 0 Å². The second-order valence-corrected chi connectivity index (χ2v) is 31.8. The maximum Gasteiger partial charge on any atom is 0.158 e. The molecule has 474 valence electrons. The predicted octanol–water partition coefficient (Wildman–Crippen LogP) is 17.8. The van der Waals surface area contributed by atoms with Gasteiger partial charge < -0.3 is 19.7 Å². The molecule has 0 saturated heterocycles. The van der Waals surface area contributed by atoms with Crippen molar-refractivity contribution in [2.45, 2.75) is 58.8 Å². The van der Waals surface area contributed by atoms with Crippen molar-refractivity contribution in [2.75, 3.05) is 19.9 Å². The molecule has 9 atom stereocenters. The number of hydrogen-bond acceptors (Lipinski definition) is 6. The Balaban J connectivity index is 1.05. The number of para-hydroxylation sites is 2. The molecule has 10 aromatic carbocycles. The predicted molar refractivity (Wildman–Crippen MR) is 434 cm³/mol. The first kappa shape index (κ1) is 64.4. The lowest BCUT2D eigenvalue weighted by atomic mass is 9.73. The summed E-state index contributed by atoms with van der Waals surface area (Å²) in [4.78, 5) is 0. The molecule has 12 bridgehead atoms. The third-order valence-electron chi connectivity index (χ3n) is 19.2. The minimum absolute atomic E-state index is 0.205. The number of aromatic hydroxyl groups is 2. The Kier molecular flexibility index (Phi) is 17.9. The first-order valence-electron chi connectivity index (χ1n) is 32.1. The van der Waals surface area contributed by atoms with E-state index in [-0.39, 0.29) is 23.3 Å². The molecule has 2 N–H and O–H groups in total. The van der Waals surface area contributed by atoms with Gasteiger partial charge in [-0.2, -0.15) is 0 Å². The van der Waals surface area contributed by atoms with Gasteiger partial charge in [-0.05, 0) is 206 Å². The topological polar surface area (TPSA) is 68.8 Å². The Labute approximate surface area is 579 Å². The van der Waals surface area contributed by atoms with Crippen LogP contribution in [0.15, 0.2) is 187 Å². The Morgan fingerprint density at radius 2 is 1.00 bits per heavy atom. The minimum atomic E-state index is -0.240. The monoisotopic (exact) mass is 1410 g/mol.